The van der Waals surface area contributed by atoms with Crippen LogP contribution in [0, 0.1) is 19.3 Å². The fourth-order valence-electron chi connectivity index (χ4n) is 2.83. The highest BCUT2D eigenvalue weighted by molar-refractivity contribution is 5.82. The molecule has 0 bridgehead atoms. The average Bonchev–Trinajstić information content (AvgIpc) is 2.74. The second-order valence-electron chi connectivity index (χ2n) is 6.68. The van der Waals surface area contributed by atoms with Gasteiger partial charge < -0.3 is 19.5 Å². The Balaban J connectivity index is 1.97. The minimum atomic E-state index is -0.607. The lowest BCUT2D eigenvalue weighted by molar-refractivity contribution is -0.133. The van der Waals surface area contributed by atoms with E-state index < -0.39 is 6.10 Å². The zero-order valence-corrected chi connectivity index (χ0v) is 17.4. The Bertz CT molecular complexity index is 824. The standard InChI is InChI=1S/C24H29NO4/c1-5-15-28-21-12-9-19(17-22(21)27-4)13-14-25-24(26)23(29-16-6-2)20-10-7-18(3)8-11-20/h1,7-12,17,23H,6,13-16H2,2-4H3,(H,25,26). The van der Waals surface area contributed by atoms with E-state index in [1.54, 1.807) is 7.11 Å². The lowest BCUT2D eigenvalue weighted by Gasteiger charge is -2.18. The van der Waals surface area contributed by atoms with Crippen LogP contribution in [0.4, 0.5) is 0 Å². The third-order valence-electron chi connectivity index (χ3n) is 4.36. The lowest BCUT2D eigenvalue weighted by atomic mass is 10.1. The van der Waals surface area contributed by atoms with Crippen molar-refractivity contribution in [2.24, 2.45) is 0 Å². The number of amides is 1. The minimum Gasteiger partial charge on any atom is -0.493 e. The van der Waals surface area contributed by atoms with Crippen molar-refractivity contribution < 1.29 is 19.0 Å². The fraction of sp³-hybridized carbons (Fsp3) is 0.375. The molecule has 1 N–H and O–H groups in total. The summed E-state index contributed by atoms with van der Waals surface area (Å²) in [4.78, 5) is 12.7. The number of hydrogen-bond donors (Lipinski definition) is 1. The highest BCUT2D eigenvalue weighted by Gasteiger charge is 2.20. The molecule has 5 heteroatoms. The SMILES string of the molecule is C#CCOc1ccc(CCNC(=O)C(OCCC)c2ccc(C)cc2)cc1OC. The van der Waals surface area contributed by atoms with Gasteiger partial charge in [-0.15, -0.1) is 6.42 Å². The van der Waals surface area contributed by atoms with Crippen molar-refractivity contribution in [2.45, 2.75) is 32.8 Å². The van der Waals surface area contributed by atoms with Gasteiger partial charge in [-0.05, 0) is 43.0 Å². The molecule has 0 aliphatic rings. The summed E-state index contributed by atoms with van der Waals surface area (Å²) in [5.41, 5.74) is 3.03. The van der Waals surface area contributed by atoms with Crippen molar-refractivity contribution in [3.63, 3.8) is 0 Å². The number of aryl methyl sites for hydroxylation is 1. The molecule has 0 radical (unpaired) electrons. The molecule has 0 aromatic heterocycles. The molecule has 0 saturated carbocycles. The molecule has 2 aromatic carbocycles. The summed E-state index contributed by atoms with van der Waals surface area (Å²) in [5, 5.41) is 2.98. The molecule has 0 spiro atoms. The molecule has 1 atom stereocenters. The number of carbonyl (C=O) groups excluding carboxylic acids is 1. The number of nitrogens with one attached hydrogen (secondary N) is 1. The van der Waals surface area contributed by atoms with E-state index in [-0.39, 0.29) is 12.5 Å². The first kappa shape index (κ1) is 22.3. The number of benzene rings is 2. The molecule has 5 nitrogen and oxygen atoms in total. The van der Waals surface area contributed by atoms with E-state index >= 15 is 0 Å². The molecular weight excluding hydrogens is 366 g/mol. The molecule has 0 aliphatic heterocycles. The maximum absolute atomic E-state index is 12.7. The summed E-state index contributed by atoms with van der Waals surface area (Å²) in [6.45, 7) is 5.24. The molecule has 2 rings (SSSR count). The average molecular weight is 395 g/mol. The van der Waals surface area contributed by atoms with Crippen LogP contribution in [0.15, 0.2) is 42.5 Å². The van der Waals surface area contributed by atoms with Crippen LogP contribution in [0.1, 0.15) is 36.1 Å². The zero-order chi connectivity index (χ0) is 21.1. The zero-order valence-electron chi connectivity index (χ0n) is 17.4. The Labute approximate surface area is 173 Å². The van der Waals surface area contributed by atoms with Gasteiger partial charge in [-0.3, -0.25) is 4.79 Å². The molecule has 0 aliphatic carbocycles. The van der Waals surface area contributed by atoms with Gasteiger partial charge in [0.25, 0.3) is 5.91 Å². The van der Waals surface area contributed by atoms with Crippen molar-refractivity contribution in [2.75, 3.05) is 26.9 Å². The van der Waals surface area contributed by atoms with E-state index in [1.165, 1.54) is 0 Å². The van der Waals surface area contributed by atoms with Gasteiger partial charge >= 0.3 is 0 Å². The Kier molecular flexibility index (Phi) is 9.07. The number of hydrogen-bond acceptors (Lipinski definition) is 4. The Morgan fingerprint density at radius 1 is 1.17 bits per heavy atom. The molecule has 2 aromatic rings. The summed E-state index contributed by atoms with van der Waals surface area (Å²) < 4.78 is 16.6. The number of rotatable bonds is 11. The monoisotopic (exact) mass is 395 g/mol. The second-order valence-corrected chi connectivity index (χ2v) is 6.68. The number of ether oxygens (including phenoxy) is 3. The molecular formula is C24H29NO4. The van der Waals surface area contributed by atoms with Crippen molar-refractivity contribution in [1.82, 2.24) is 5.32 Å². The van der Waals surface area contributed by atoms with Crippen LogP contribution >= 0.6 is 0 Å². The molecule has 1 amide bonds. The molecule has 154 valence electrons. The van der Waals surface area contributed by atoms with Crippen molar-refractivity contribution >= 4 is 5.91 Å². The third kappa shape index (κ3) is 6.85. The van der Waals surface area contributed by atoms with Crippen LogP contribution in [-0.2, 0) is 16.0 Å². The van der Waals surface area contributed by atoms with E-state index in [4.69, 9.17) is 20.6 Å². The van der Waals surface area contributed by atoms with Crippen LogP contribution in [-0.4, -0.2) is 32.8 Å². The van der Waals surface area contributed by atoms with Crippen LogP contribution in [0.3, 0.4) is 0 Å². The largest absolute Gasteiger partial charge is 0.493 e. The van der Waals surface area contributed by atoms with Crippen LogP contribution in [0.2, 0.25) is 0 Å². The van der Waals surface area contributed by atoms with Crippen LogP contribution in [0.25, 0.3) is 0 Å². The smallest absolute Gasteiger partial charge is 0.253 e. The summed E-state index contributed by atoms with van der Waals surface area (Å²) in [5.74, 6) is 3.52. The Morgan fingerprint density at radius 2 is 1.93 bits per heavy atom. The highest BCUT2D eigenvalue weighted by Crippen LogP contribution is 2.28. The topological polar surface area (TPSA) is 56.8 Å². The summed E-state index contributed by atoms with van der Waals surface area (Å²) in [6, 6.07) is 13.5. The molecule has 29 heavy (non-hydrogen) atoms. The van der Waals surface area contributed by atoms with Gasteiger partial charge in [0.05, 0.1) is 7.11 Å². The number of methoxy groups -OCH3 is 1. The van der Waals surface area contributed by atoms with E-state index in [0.29, 0.717) is 31.1 Å². The third-order valence-corrected chi connectivity index (χ3v) is 4.36. The van der Waals surface area contributed by atoms with Gasteiger partial charge in [0.1, 0.15) is 6.61 Å². The normalized spacial score (nSPS) is 11.4. The lowest BCUT2D eigenvalue weighted by Crippen LogP contribution is -2.32. The Hall–Kier alpha value is -2.97. The second kappa shape index (κ2) is 11.8. The highest BCUT2D eigenvalue weighted by atomic mass is 16.5. The number of terminal acetylenes is 1. The van der Waals surface area contributed by atoms with E-state index in [2.05, 4.69) is 11.2 Å². The van der Waals surface area contributed by atoms with Gasteiger partial charge in [0, 0.05) is 13.2 Å². The predicted molar refractivity (Wildman–Crippen MR) is 114 cm³/mol. The minimum absolute atomic E-state index is 0.136. The van der Waals surface area contributed by atoms with Gasteiger partial charge in [0.2, 0.25) is 0 Å². The van der Waals surface area contributed by atoms with Crippen LogP contribution in [0.5, 0.6) is 11.5 Å². The van der Waals surface area contributed by atoms with E-state index in [0.717, 1.165) is 23.1 Å². The predicted octanol–water partition coefficient (Wildman–Crippen LogP) is 3.84. The van der Waals surface area contributed by atoms with Gasteiger partial charge in [-0.25, -0.2) is 0 Å². The summed E-state index contributed by atoms with van der Waals surface area (Å²) >= 11 is 0. The summed E-state index contributed by atoms with van der Waals surface area (Å²) in [7, 11) is 1.58. The van der Waals surface area contributed by atoms with Gasteiger partial charge in [-0.1, -0.05) is 48.7 Å². The molecule has 0 heterocycles. The van der Waals surface area contributed by atoms with Crippen molar-refractivity contribution in [1.29, 1.82) is 0 Å². The number of carbonyl (C=O) groups is 1. The summed E-state index contributed by atoms with van der Waals surface area (Å²) in [6.07, 6.45) is 6.13. The quantitative estimate of drug-likeness (QED) is 0.588. The molecule has 0 fully saturated rings. The first-order chi connectivity index (χ1) is 14.1. The van der Waals surface area contributed by atoms with Crippen molar-refractivity contribution in [3.8, 4) is 23.8 Å². The maximum Gasteiger partial charge on any atom is 0.253 e. The van der Waals surface area contributed by atoms with Gasteiger partial charge in [-0.2, -0.15) is 0 Å². The Morgan fingerprint density at radius 3 is 2.59 bits per heavy atom. The maximum atomic E-state index is 12.7. The first-order valence-corrected chi connectivity index (χ1v) is 9.78. The van der Waals surface area contributed by atoms with Gasteiger partial charge in [0.15, 0.2) is 17.6 Å². The van der Waals surface area contributed by atoms with E-state index in [9.17, 15) is 4.79 Å². The fourth-order valence-corrected chi connectivity index (χ4v) is 2.83. The molecule has 1 unspecified atom stereocenters. The first-order valence-electron chi connectivity index (χ1n) is 9.78. The van der Waals surface area contributed by atoms with Crippen molar-refractivity contribution in [3.05, 3.63) is 59.2 Å². The van der Waals surface area contributed by atoms with E-state index in [1.807, 2.05) is 56.3 Å². The molecule has 0 saturated heterocycles. The van der Waals surface area contributed by atoms with Crippen LogP contribution < -0.4 is 14.8 Å².